The fourth-order valence-electron chi connectivity index (χ4n) is 1.11. The lowest BCUT2D eigenvalue weighted by molar-refractivity contribution is 0.111. The molecule has 1 N–H and O–H groups in total. The predicted molar refractivity (Wildman–Crippen MR) is 48.4 cm³/mol. The quantitative estimate of drug-likeness (QED) is 0.630. The number of rotatable bonds is 6. The van der Waals surface area contributed by atoms with Crippen LogP contribution in [0.4, 0.5) is 0 Å². The minimum absolute atomic E-state index is 0.188. The fourth-order valence-corrected chi connectivity index (χ4v) is 1.11. The Morgan fingerprint density at radius 3 is 2.27 bits per heavy atom. The highest BCUT2D eigenvalue weighted by Crippen LogP contribution is 1.98. The van der Waals surface area contributed by atoms with Gasteiger partial charge in [0.2, 0.25) is 0 Å². The van der Waals surface area contributed by atoms with Crippen molar-refractivity contribution in [1.82, 2.24) is 4.90 Å². The Labute approximate surface area is 70.2 Å². The van der Waals surface area contributed by atoms with Gasteiger partial charge in [0.1, 0.15) is 0 Å². The summed E-state index contributed by atoms with van der Waals surface area (Å²) < 4.78 is 0. The van der Waals surface area contributed by atoms with Gasteiger partial charge in [0.25, 0.3) is 0 Å². The van der Waals surface area contributed by atoms with E-state index in [9.17, 15) is 5.11 Å². The van der Waals surface area contributed by atoms with Gasteiger partial charge in [0.05, 0.1) is 6.10 Å². The second-order valence-corrected chi connectivity index (χ2v) is 2.78. The van der Waals surface area contributed by atoms with Crippen LogP contribution in [0.25, 0.3) is 0 Å². The van der Waals surface area contributed by atoms with Crippen molar-refractivity contribution < 1.29 is 5.11 Å². The Hall–Kier alpha value is -0.0800. The minimum Gasteiger partial charge on any atom is -0.392 e. The van der Waals surface area contributed by atoms with Crippen molar-refractivity contribution >= 4 is 0 Å². The molecule has 11 heavy (non-hydrogen) atoms. The van der Waals surface area contributed by atoms with Gasteiger partial charge < -0.3 is 10.0 Å². The van der Waals surface area contributed by atoms with Crippen LogP contribution in [0.1, 0.15) is 26.7 Å². The predicted octanol–water partition coefficient (Wildman–Crippen LogP) is 1.30. The summed E-state index contributed by atoms with van der Waals surface area (Å²) in [6.07, 6.45) is 1.45. The lowest BCUT2D eigenvalue weighted by Gasteiger charge is -2.21. The molecule has 1 unspecified atom stereocenters. The maximum atomic E-state index is 9.40. The van der Waals surface area contributed by atoms with Gasteiger partial charge in [-0.1, -0.05) is 27.2 Å². The molecule has 0 bridgehead atoms. The highest BCUT2D eigenvalue weighted by atomic mass is 16.3. The summed E-state index contributed by atoms with van der Waals surface area (Å²) in [6, 6.07) is 0. The van der Waals surface area contributed by atoms with E-state index >= 15 is 0 Å². The third-order valence-corrected chi connectivity index (χ3v) is 1.90. The molecule has 2 nitrogen and oxygen atoms in total. The van der Waals surface area contributed by atoms with Gasteiger partial charge in [0, 0.05) is 6.54 Å². The molecule has 0 spiro atoms. The largest absolute Gasteiger partial charge is 0.392 e. The molecule has 0 aromatic heterocycles. The van der Waals surface area contributed by atoms with Crippen molar-refractivity contribution in [3.8, 4) is 0 Å². The van der Waals surface area contributed by atoms with E-state index in [-0.39, 0.29) is 6.10 Å². The molecule has 0 aliphatic rings. The molecule has 0 saturated carbocycles. The van der Waals surface area contributed by atoms with Gasteiger partial charge in [-0.15, -0.1) is 0 Å². The molecule has 0 fully saturated rings. The summed E-state index contributed by atoms with van der Waals surface area (Å²) in [5, 5.41) is 9.40. The third kappa shape index (κ3) is 5.22. The Kier molecular flexibility index (Phi) is 6.57. The highest BCUT2D eigenvalue weighted by molar-refractivity contribution is 4.62. The van der Waals surface area contributed by atoms with Crippen molar-refractivity contribution in [2.45, 2.75) is 32.8 Å². The number of aliphatic hydroxyl groups excluding tert-OH is 1. The van der Waals surface area contributed by atoms with E-state index in [0.717, 1.165) is 32.5 Å². The Morgan fingerprint density at radius 1 is 1.36 bits per heavy atom. The molecule has 0 rings (SSSR count). The minimum atomic E-state index is -0.188. The standard InChI is InChI=1S/C9H20NO/c1-4-7-9(11)8-10(5-2)6-3/h9,11H,1,4-8H2,2-3H3. The van der Waals surface area contributed by atoms with Crippen molar-refractivity contribution in [3.63, 3.8) is 0 Å². The molecule has 0 aromatic rings. The van der Waals surface area contributed by atoms with E-state index in [0.29, 0.717) is 0 Å². The number of hydrogen-bond donors (Lipinski definition) is 1. The third-order valence-electron chi connectivity index (χ3n) is 1.90. The Bertz CT molecular complexity index is 81.6. The van der Waals surface area contributed by atoms with E-state index in [1.807, 2.05) is 0 Å². The van der Waals surface area contributed by atoms with Crippen LogP contribution in [-0.2, 0) is 0 Å². The lowest BCUT2D eigenvalue weighted by atomic mass is 10.2. The van der Waals surface area contributed by atoms with E-state index < -0.39 is 0 Å². The molecule has 67 valence electrons. The average Bonchev–Trinajstić information content (AvgIpc) is 2.01. The van der Waals surface area contributed by atoms with Gasteiger partial charge in [-0.25, -0.2) is 0 Å². The highest BCUT2D eigenvalue weighted by Gasteiger charge is 2.06. The maximum Gasteiger partial charge on any atom is 0.0667 e. The summed E-state index contributed by atoms with van der Waals surface area (Å²) in [6.45, 7) is 10.8. The smallest absolute Gasteiger partial charge is 0.0667 e. The van der Waals surface area contributed by atoms with Gasteiger partial charge in [-0.3, -0.25) is 0 Å². The van der Waals surface area contributed by atoms with E-state index in [1.54, 1.807) is 0 Å². The van der Waals surface area contributed by atoms with Crippen molar-refractivity contribution in [1.29, 1.82) is 0 Å². The first-order valence-electron chi connectivity index (χ1n) is 4.44. The molecule has 0 heterocycles. The van der Waals surface area contributed by atoms with E-state index in [4.69, 9.17) is 0 Å². The van der Waals surface area contributed by atoms with Crippen molar-refractivity contribution in [2.24, 2.45) is 0 Å². The van der Waals surface area contributed by atoms with Crippen LogP contribution in [0.15, 0.2) is 0 Å². The first-order valence-corrected chi connectivity index (χ1v) is 4.44. The van der Waals surface area contributed by atoms with E-state index in [1.165, 1.54) is 0 Å². The van der Waals surface area contributed by atoms with Gasteiger partial charge in [0.15, 0.2) is 0 Å². The van der Waals surface area contributed by atoms with Crippen LogP contribution in [-0.4, -0.2) is 35.7 Å². The number of aliphatic hydroxyl groups is 1. The molecule has 0 amide bonds. The van der Waals surface area contributed by atoms with E-state index in [2.05, 4.69) is 25.7 Å². The van der Waals surface area contributed by atoms with Crippen LogP contribution in [0, 0.1) is 6.92 Å². The summed E-state index contributed by atoms with van der Waals surface area (Å²) in [5.74, 6) is 0. The summed E-state index contributed by atoms with van der Waals surface area (Å²) in [7, 11) is 0. The zero-order valence-electron chi connectivity index (χ0n) is 7.71. The molecular formula is C9H20NO. The first-order chi connectivity index (χ1) is 5.24. The Morgan fingerprint density at radius 2 is 1.91 bits per heavy atom. The average molecular weight is 158 g/mol. The SMILES string of the molecule is [CH2]CCC(O)CN(CC)CC. The van der Waals surface area contributed by atoms with Crippen molar-refractivity contribution in [2.75, 3.05) is 19.6 Å². The monoisotopic (exact) mass is 158 g/mol. The van der Waals surface area contributed by atoms with Gasteiger partial charge in [-0.05, 0) is 19.5 Å². The maximum absolute atomic E-state index is 9.40. The molecule has 0 aliphatic carbocycles. The van der Waals surface area contributed by atoms with Crippen LogP contribution in [0.3, 0.4) is 0 Å². The fraction of sp³-hybridized carbons (Fsp3) is 0.889. The number of hydrogen-bond acceptors (Lipinski definition) is 2. The van der Waals surface area contributed by atoms with Crippen molar-refractivity contribution in [3.05, 3.63) is 6.92 Å². The van der Waals surface area contributed by atoms with Crippen LogP contribution in [0.2, 0.25) is 0 Å². The zero-order chi connectivity index (χ0) is 8.69. The molecule has 0 saturated heterocycles. The summed E-state index contributed by atoms with van der Waals surface area (Å²) >= 11 is 0. The second kappa shape index (κ2) is 6.62. The normalized spacial score (nSPS) is 13.9. The van der Waals surface area contributed by atoms with Crippen LogP contribution >= 0.6 is 0 Å². The molecule has 1 radical (unpaired) electrons. The topological polar surface area (TPSA) is 23.5 Å². The summed E-state index contributed by atoms with van der Waals surface area (Å²) in [5.41, 5.74) is 0. The van der Waals surface area contributed by atoms with Gasteiger partial charge >= 0.3 is 0 Å². The zero-order valence-corrected chi connectivity index (χ0v) is 7.71. The van der Waals surface area contributed by atoms with Crippen LogP contribution < -0.4 is 0 Å². The lowest BCUT2D eigenvalue weighted by Crippen LogP contribution is -2.31. The molecule has 0 aliphatic heterocycles. The van der Waals surface area contributed by atoms with Gasteiger partial charge in [-0.2, -0.15) is 0 Å². The Balaban J connectivity index is 3.44. The molecule has 0 aromatic carbocycles. The summed E-state index contributed by atoms with van der Waals surface area (Å²) in [4.78, 5) is 2.22. The number of nitrogens with zero attached hydrogens (tertiary/aromatic N) is 1. The number of likely N-dealkylation sites (N-methyl/N-ethyl adjacent to an activating group) is 1. The molecule has 1 atom stereocenters. The molecular weight excluding hydrogens is 138 g/mol. The molecule has 2 heteroatoms. The van der Waals surface area contributed by atoms with Crippen LogP contribution in [0.5, 0.6) is 0 Å². The second-order valence-electron chi connectivity index (χ2n) is 2.78. The first kappa shape index (κ1) is 10.9.